The van der Waals surface area contributed by atoms with Crippen molar-refractivity contribution in [2.75, 3.05) is 19.0 Å². The van der Waals surface area contributed by atoms with Crippen LogP contribution in [-0.4, -0.2) is 59.1 Å². The lowest BCUT2D eigenvalue weighted by Gasteiger charge is -2.15. The maximum absolute atomic E-state index is 12.7. The number of hydrogen-bond donors (Lipinski definition) is 5. The Bertz CT molecular complexity index is 1580. The molecule has 2 aromatic carbocycles. The van der Waals surface area contributed by atoms with E-state index in [1.54, 1.807) is 30.6 Å². The molecule has 12 nitrogen and oxygen atoms in total. The molecule has 2 aromatic heterocycles. The van der Waals surface area contributed by atoms with Crippen LogP contribution in [0.1, 0.15) is 11.4 Å². The van der Waals surface area contributed by atoms with E-state index in [1.165, 1.54) is 31.4 Å². The summed E-state index contributed by atoms with van der Waals surface area (Å²) in [6.45, 7) is 0.516. The van der Waals surface area contributed by atoms with E-state index in [1.807, 2.05) is 12.2 Å². The fourth-order valence-electron chi connectivity index (χ4n) is 3.50. The van der Waals surface area contributed by atoms with E-state index in [0.717, 1.165) is 5.56 Å². The molecule has 37 heavy (non-hydrogen) atoms. The SMILES string of the molecule is COc1ccc(S(=O)(=O)N[C@@H](Cc2nc3ccc(/C=C/CNc4ncc[nH]4)cc3c(=O)[nH]2)C(=O)O)cc1. The zero-order valence-electron chi connectivity index (χ0n) is 19.6. The van der Waals surface area contributed by atoms with Crippen molar-refractivity contribution < 1.29 is 23.1 Å². The molecule has 0 saturated carbocycles. The van der Waals surface area contributed by atoms with Crippen LogP contribution in [0.4, 0.5) is 5.95 Å². The first-order chi connectivity index (χ1) is 17.7. The number of benzene rings is 2. The molecular weight excluding hydrogens is 500 g/mol. The van der Waals surface area contributed by atoms with Crippen molar-refractivity contribution in [2.45, 2.75) is 17.4 Å². The number of carboxylic acid groups (broad SMARTS) is 1. The van der Waals surface area contributed by atoms with Crippen molar-refractivity contribution in [2.24, 2.45) is 0 Å². The van der Waals surface area contributed by atoms with E-state index in [2.05, 4.69) is 30.0 Å². The Balaban J connectivity index is 1.49. The Morgan fingerprint density at radius 3 is 2.68 bits per heavy atom. The number of H-pyrrole nitrogens is 2. The molecule has 2 heterocycles. The van der Waals surface area contributed by atoms with Gasteiger partial charge in [-0.05, 0) is 42.0 Å². The van der Waals surface area contributed by atoms with Crippen LogP contribution in [0.2, 0.25) is 0 Å². The predicted octanol–water partition coefficient (Wildman–Crippen LogP) is 1.75. The maximum atomic E-state index is 12.7. The summed E-state index contributed by atoms with van der Waals surface area (Å²) in [6.07, 6.45) is 6.67. The maximum Gasteiger partial charge on any atom is 0.322 e. The highest BCUT2D eigenvalue weighted by Crippen LogP contribution is 2.17. The Morgan fingerprint density at radius 1 is 1.22 bits per heavy atom. The average Bonchev–Trinajstić information content (AvgIpc) is 3.40. The number of nitrogens with zero attached hydrogens (tertiary/aromatic N) is 2. The van der Waals surface area contributed by atoms with Gasteiger partial charge in [0, 0.05) is 25.4 Å². The molecule has 0 bridgehead atoms. The molecule has 0 aliphatic rings. The van der Waals surface area contributed by atoms with Gasteiger partial charge >= 0.3 is 5.97 Å². The number of ether oxygens (including phenoxy) is 1. The highest BCUT2D eigenvalue weighted by atomic mass is 32.2. The topological polar surface area (TPSA) is 179 Å². The molecule has 0 spiro atoms. The van der Waals surface area contributed by atoms with Gasteiger partial charge in [0.25, 0.3) is 5.56 Å². The summed E-state index contributed by atoms with van der Waals surface area (Å²) in [5.41, 5.74) is 0.655. The van der Waals surface area contributed by atoms with Gasteiger partial charge in [-0.3, -0.25) is 9.59 Å². The minimum atomic E-state index is -4.16. The molecule has 4 aromatic rings. The smallest absolute Gasteiger partial charge is 0.322 e. The zero-order valence-corrected chi connectivity index (χ0v) is 20.5. The summed E-state index contributed by atoms with van der Waals surface area (Å²) in [7, 11) is -2.72. The van der Waals surface area contributed by atoms with Crippen molar-refractivity contribution in [3.05, 3.63) is 82.7 Å². The third-order valence-corrected chi connectivity index (χ3v) is 6.82. The number of aromatic nitrogens is 4. The Hall–Kier alpha value is -4.49. The Morgan fingerprint density at radius 2 is 2.00 bits per heavy atom. The molecule has 0 amide bonds. The quantitative estimate of drug-likeness (QED) is 0.195. The molecule has 192 valence electrons. The predicted molar refractivity (Wildman–Crippen MR) is 137 cm³/mol. The number of methoxy groups -OCH3 is 1. The van der Waals surface area contributed by atoms with Gasteiger partial charge in [0.2, 0.25) is 10.0 Å². The number of fused-ring (bicyclic) bond motifs is 1. The molecule has 0 fully saturated rings. The van der Waals surface area contributed by atoms with Crippen LogP contribution < -0.4 is 20.3 Å². The number of nitrogens with one attached hydrogen (secondary N) is 4. The molecule has 0 radical (unpaired) electrons. The molecular formula is C24H24N6O6S. The van der Waals surface area contributed by atoms with E-state index in [4.69, 9.17) is 4.74 Å². The monoisotopic (exact) mass is 524 g/mol. The van der Waals surface area contributed by atoms with E-state index in [9.17, 15) is 23.1 Å². The number of imidazole rings is 1. The summed E-state index contributed by atoms with van der Waals surface area (Å²) < 4.78 is 32.6. The van der Waals surface area contributed by atoms with Crippen LogP contribution in [0.3, 0.4) is 0 Å². The van der Waals surface area contributed by atoms with Gasteiger partial charge in [-0.2, -0.15) is 4.72 Å². The fraction of sp³-hybridized carbons (Fsp3) is 0.167. The van der Waals surface area contributed by atoms with Crippen LogP contribution in [0.5, 0.6) is 5.75 Å². The molecule has 5 N–H and O–H groups in total. The van der Waals surface area contributed by atoms with Crippen LogP contribution in [0.25, 0.3) is 17.0 Å². The first-order valence-corrected chi connectivity index (χ1v) is 12.6. The lowest BCUT2D eigenvalue weighted by Crippen LogP contribution is -2.42. The van der Waals surface area contributed by atoms with Crippen LogP contribution in [-0.2, 0) is 21.2 Å². The van der Waals surface area contributed by atoms with Gasteiger partial charge in [0.15, 0.2) is 5.95 Å². The second-order valence-corrected chi connectivity index (χ2v) is 9.62. The first kappa shape index (κ1) is 25.6. The van der Waals surface area contributed by atoms with Crippen LogP contribution in [0.15, 0.2) is 70.6 Å². The summed E-state index contributed by atoms with van der Waals surface area (Å²) >= 11 is 0. The lowest BCUT2D eigenvalue weighted by molar-refractivity contribution is -0.139. The molecule has 1 atom stereocenters. The Kier molecular flexibility index (Phi) is 7.65. The number of sulfonamides is 1. The van der Waals surface area contributed by atoms with Crippen molar-refractivity contribution in [1.82, 2.24) is 24.7 Å². The van der Waals surface area contributed by atoms with E-state index in [0.29, 0.717) is 29.1 Å². The summed E-state index contributed by atoms with van der Waals surface area (Å²) in [6, 6.07) is 9.02. The number of hydrogen-bond acceptors (Lipinski definition) is 8. The molecule has 13 heteroatoms. The van der Waals surface area contributed by atoms with Crippen molar-refractivity contribution >= 4 is 38.9 Å². The number of aliphatic carboxylic acids is 1. The summed E-state index contributed by atoms with van der Waals surface area (Å²) in [5.74, 6) is -0.282. The minimum Gasteiger partial charge on any atom is -0.497 e. The van der Waals surface area contributed by atoms with E-state index < -0.39 is 27.6 Å². The molecule has 0 saturated heterocycles. The van der Waals surface area contributed by atoms with E-state index >= 15 is 0 Å². The van der Waals surface area contributed by atoms with Crippen LogP contribution in [0, 0.1) is 0 Å². The highest BCUT2D eigenvalue weighted by molar-refractivity contribution is 7.89. The standard InChI is InChI=1S/C24H24N6O6S/c1-36-16-5-7-17(8-6-16)37(34,35)30-20(23(32)33)14-21-28-19-9-4-15(13-18(19)22(31)29-21)3-2-10-25-24-26-11-12-27-24/h2-9,11-13,20,30H,10,14H2,1H3,(H,32,33)(H2,25,26,27)(H,28,29,31)/b3-2+/t20-/m0/s1. The van der Waals surface area contributed by atoms with Gasteiger partial charge in [-0.25, -0.2) is 18.4 Å². The van der Waals surface area contributed by atoms with Gasteiger partial charge in [-0.15, -0.1) is 0 Å². The second kappa shape index (κ2) is 11.1. The van der Waals surface area contributed by atoms with Gasteiger partial charge in [0.05, 0.1) is 22.9 Å². The molecule has 0 aliphatic heterocycles. The first-order valence-electron chi connectivity index (χ1n) is 11.1. The fourth-order valence-corrected chi connectivity index (χ4v) is 4.69. The number of rotatable bonds is 11. The Labute approximate surface area is 211 Å². The number of aromatic amines is 2. The normalized spacial score (nSPS) is 12.6. The molecule has 4 rings (SSSR count). The number of anilines is 1. The summed E-state index contributed by atoms with van der Waals surface area (Å²) in [4.78, 5) is 38.3. The van der Waals surface area contributed by atoms with Crippen molar-refractivity contribution in [3.8, 4) is 5.75 Å². The van der Waals surface area contributed by atoms with Crippen molar-refractivity contribution in [1.29, 1.82) is 0 Å². The summed E-state index contributed by atoms with van der Waals surface area (Å²) in [5, 5.41) is 13.0. The van der Waals surface area contributed by atoms with Gasteiger partial charge in [0.1, 0.15) is 17.6 Å². The number of carboxylic acids is 1. The van der Waals surface area contributed by atoms with Gasteiger partial charge < -0.3 is 25.1 Å². The number of carbonyl (C=O) groups is 1. The minimum absolute atomic E-state index is 0.0354. The molecule has 0 unspecified atom stereocenters. The van der Waals surface area contributed by atoms with Gasteiger partial charge in [-0.1, -0.05) is 18.2 Å². The zero-order chi connectivity index (χ0) is 26.4. The largest absolute Gasteiger partial charge is 0.497 e. The van der Waals surface area contributed by atoms with E-state index in [-0.39, 0.29) is 17.1 Å². The second-order valence-electron chi connectivity index (χ2n) is 7.90. The lowest BCUT2D eigenvalue weighted by atomic mass is 10.1. The third-order valence-electron chi connectivity index (χ3n) is 5.34. The average molecular weight is 525 g/mol. The van der Waals surface area contributed by atoms with Crippen molar-refractivity contribution in [3.63, 3.8) is 0 Å². The third kappa shape index (κ3) is 6.39. The highest BCUT2D eigenvalue weighted by Gasteiger charge is 2.27. The van der Waals surface area contributed by atoms with Crippen LogP contribution >= 0.6 is 0 Å². The molecule has 0 aliphatic carbocycles.